The van der Waals surface area contributed by atoms with Crippen LogP contribution >= 0.6 is 11.6 Å². The molecule has 2 aromatic rings. The Morgan fingerprint density at radius 1 is 1.08 bits per heavy atom. The molecule has 1 aromatic carbocycles. The van der Waals surface area contributed by atoms with Crippen LogP contribution in [0.15, 0.2) is 30.5 Å². The number of carbonyl (C=O) groups is 1. The number of nitrogens with one attached hydrogen (secondary N) is 2. The number of halogens is 4. The van der Waals surface area contributed by atoms with Crippen LogP contribution < -0.4 is 18.9 Å². The second-order valence-electron chi connectivity index (χ2n) is 7.45. The van der Waals surface area contributed by atoms with E-state index < -0.39 is 28.0 Å². The summed E-state index contributed by atoms with van der Waals surface area (Å²) in [6.45, 7) is 0.487. The summed E-state index contributed by atoms with van der Waals surface area (Å²) in [5, 5.41) is -0.350. The Hall–Kier alpha value is -2.85. The van der Waals surface area contributed by atoms with Crippen LogP contribution in [0.1, 0.15) is 17.5 Å². The zero-order valence-electron chi connectivity index (χ0n) is 20.5. The second-order valence-corrected chi connectivity index (χ2v) is 9.36. The van der Waals surface area contributed by atoms with Gasteiger partial charge in [-0.2, -0.15) is 26.3 Å². The third kappa shape index (κ3) is 10.9. The highest BCUT2D eigenvalue weighted by Gasteiger charge is 2.32. The van der Waals surface area contributed by atoms with Gasteiger partial charge < -0.3 is 23.7 Å². The lowest BCUT2D eigenvalue weighted by Gasteiger charge is -2.15. The monoisotopic (exact) mass is 585 g/mol. The largest absolute Gasteiger partial charge is 0.491 e. The minimum atomic E-state index is -4.62. The number of nitrogens with zero attached hydrogens (tertiary/aromatic N) is 1. The number of ether oxygens (including phenoxy) is 5. The van der Waals surface area contributed by atoms with Gasteiger partial charge in [-0.3, -0.25) is 0 Å². The summed E-state index contributed by atoms with van der Waals surface area (Å²) in [7, 11) is -1.20. The fourth-order valence-corrected chi connectivity index (χ4v) is 3.72. The molecule has 0 bridgehead atoms. The summed E-state index contributed by atoms with van der Waals surface area (Å²) in [6.07, 6.45) is -4.67. The van der Waals surface area contributed by atoms with Gasteiger partial charge in [0.15, 0.2) is 0 Å². The fourth-order valence-electron chi connectivity index (χ4n) is 2.81. The van der Waals surface area contributed by atoms with Crippen LogP contribution in [0.4, 0.5) is 18.0 Å². The number of alkyl halides is 3. The van der Waals surface area contributed by atoms with E-state index >= 15 is 0 Å². The van der Waals surface area contributed by atoms with Gasteiger partial charge in [0.25, 0.3) is 0 Å². The number of pyridine rings is 1. The number of carbonyl (C=O) groups excluding carboxylic acids is 1. The maximum atomic E-state index is 12.9. The molecule has 0 saturated carbocycles. The lowest BCUT2D eigenvalue weighted by molar-refractivity contribution is -0.137. The van der Waals surface area contributed by atoms with E-state index in [0.717, 1.165) is 0 Å². The predicted octanol–water partition coefficient (Wildman–Crippen LogP) is 3.71. The van der Waals surface area contributed by atoms with E-state index in [9.17, 15) is 26.4 Å². The molecule has 16 heteroatoms. The van der Waals surface area contributed by atoms with Gasteiger partial charge in [-0.05, 0) is 30.5 Å². The Morgan fingerprint density at radius 2 is 1.82 bits per heavy atom. The summed E-state index contributed by atoms with van der Waals surface area (Å²) in [5.74, 6) is 0.339. The lowest BCUT2D eigenvalue weighted by Crippen LogP contribution is -2.41. The van der Waals surface area contributed by atoms with Gasteiger partial charge in [-0.15, -0.1) is 0 Å². The second kappa shape index (κ2) is 14.9. The molecule has 0 unspecified atom stereocenters. The van der Waals surface area contributed by atoms with Gasteiger partial charge >= 0.3 is 22.5 Å². The molecule has 2 N–H and O–H groups in total. The van der Waals surface area contributed by atoms with E-state index in [1.54, 1.807) is 16.9 Å². The zero-order chi connectivity index (χ0) is 28.2. The van der Waals surface area contributed by atoms with Crippen LogP contribution in [0.2, 0.25) is 5.02 Å². The van der Waals surface area contributed by atoms with E-state index in [-0.39, 0.29) is 55.9 Å². The maximum absolute atomic E-state index is 12.9. The number of aromatic nitrogens is 1. The molecule has 38 heavy (non-hydrogen) atoms. The number of aryl methyl sites for hydroxylation is 1. The predicted molar refractivity (Wildman–Crippen MR) is 130 cm³/mol. The Kier molecular flexibility index (Phi) is 12.3. The highest BCUT2D eigenvalue weighted by atomic mass is 35.5. The molecule has 2 rings (SSSR count). The van der Waals surface area contributed by atoms with Crippen molar-refractivity contribution in [1.29, 1.82) is 0 Å². The summed E-state index contributed by atoms with van der Waals surface area (Å²) in [4.78, 5) is 15.5. The van der Waals surface area contributed by atoms with Gasteiger partial charge in [-0.25, -0.2) is 14.5 Å². The fraction of sp³-hybridized carbons (Fsp3) is 0.455. The highest BCUT2D eigenvalue weighted by Crippen LogP contribution is 2.36. The van der Waals surface area contributed by atoms with Crippen molar-refractivity contribution in [2.24, 2.45) is 0 Å². The van der Waals surface area contributed by atoms with Crippen LogP contribution in [0, 0.1) is 0 Å². The first-order valence-electron chi connectivity index (χ1n) is 11.0. The highest BCUT2D eigenvalue weighted by molar-refractivity contribution is 7.88. The lowest BCUT2D eigenvalue weighted by atomic mass is 10.1. The average molecular weight is 586 g/mol. The molecule has 0 aliphatic heterocycles. The zero-order valence-corrected chi connectivity index (χ0v) is 22.0. The molecule has 1 amide bonds. The number of benzene rings is 1. The molecule has 0 aliphatic rings. The van der Waals surface area contributed by atoms with Crippen molar-refractivity contribution in [2.75, 3.05) is 47.2 Å². The molecular formula is C22H27ClF3N3O8S. The van der Waals surface area contributed by atoms with Crippen LogP contribution in [0.25, 0.3) is 0 Å². The molecule has 0 fully saturated rings. The number of rotatable bonds is 15. The Morgan fingerprint density at radius 3 is 2.47 bits per heavy atom. The molecule has 0 aliphatic carbocycles. The number of hydrogen-bond acceptors (Lipinski definition) is 9. The summed E-state index contributed by atoms with van der Waals surface area (Å²) in [5.41, 5.74) is -0.460. The molecule has 0 radical (unpaired) electrons. The molecule has 0 spiro atoms. The number of amides is 1. The van der Waals surface area contributed by atoms with Crippen LogP contribution in [-0.2, 0) is 37.0 Å². The molecule has 212 valence electrons. The van der Waals surface area contributed by atoms with Crippen molar-refractivity contribution < 1.29 is 50.1 Å². The molecule has 1 aromatic heterocycles. The number of methoxy groups -OCH3 is 2. The first-order valence-corrected chi connectivity index (χ1v) is 12.9. The normalized spacial score (nSPS) is 11.7. The Labute approximate surface area is 222 Å². The average Bonchev–Trinajstić information content (AvgIpc) is 2.83. The quantitative estimate of drug-likeness (QED) is 0.300. The molecule has 1 heterocycles. The third-order valence-electron chi connectivity index (χ3n) is 4.58. The summed E-state index contributed by atoms with van der Waals surface area (Å²) in [6, 6.07) is 5.50. The van der Waals surface area contributed by atoms with Crippen molar-refractivity contribution >= 4 is 27.9 Å². The van der Waals surface area contributed by atoms with Gasteiger partial charge in [0.05, 0.1) is 25.4 Å². The summed E-state index contributed by atoms with van der Waals surface area (Å²) < 4.78 is 91.9. The van der Waals surface area contributed by atoms with Gasteiger partial charge in [-0.1, -0.05) is 17.7 Å². The first-order chi connectivity index (χ1) is 17.9. The minimum Gasteiger partial charge on any atom is -0.491 e. The van der Waals surface area contributed by atoms with Crippen LogP contribution in [-0.4, -0.2) is 66.7 Å². The van der Waals surface area contributed by atoms with E-state index in [2.05, 4.69) is 9.71 Å². The van der Waals surface area contributed by atoms with E-state index in [1.165, 1.54) is 20.3 Å². The summed E-state index contributed by atoms with van der Waals surface area (Å²) >= 11 is 5.97. The van der Waals surface area contributed by atoms with Crippen molar-refractivity contribution in [3.8, 4) is 17.4 Å². The first kappa shape index (κ1) is 31.4. The minimum absolute atomic E-state index is 0.0368. The van der Waals surface area contributed by atoms with Gasteiger partial charge in [0, 0.05) is 33.0 Å². The molecule has 0 atom stereocenters. The van der Waals surface area contributed by atoms with Crippen LogP contribution in [0.3, 0.4) is 0 Å². The van der Waals surface area contributed by atoms with Gasteiger partial charge in [0.1, 0.15) is 23.1 Å². The molecular weight excluding hydrogens is 559 g/mol. The smallest absolute Gasteiger partial charge is 0.421 e. The molecule has 0 saturated heterocycles. The van der Waals surface area contributed by atoms with E-state index in [0.29, 0.717) is 30.2 Å². The Balaban J connectivity index is 2.06. The van der Waals surface area contributed by atoms with Crippen molar-refractivity contribution in [2.45, 2.75) is 19.0 Å². The Bertz CT molecular complexity index is 1170. The maximum Gasteiger partial charge on any atom is 0.421 e. The van der Waals surface area contributed by atoms with Gasteiger partial charge in [0.2, 0.25) is 5.88 Å². The van der Waals surface area contributed by atoms with Crippen LogP contribution in [0.5, 0.6) is 17.4 Å². The molecule has 11 nitrogen and oxygen atoms in total. The van der Waals surface area contributed by atoms with E-state index in [4.69, 9.17) is 35.3 Å². The van der Waals surface area contributed by atoms with Crippen molar-refractivity contribution in [3.05, 3.63) is 46.6 Å². The third-order valence-corrected chi connectivity index (χ3v) is 5.87. The topological polar surface area (TPSA) is 134 Å². The number of hydrogen-bond donors (Lipinski definition) is 2. The SMILES string of the molecule is COCCNS(=O)(=O)NC(=O)OCCCc1ccc(OCCOC)cc1Oc1ncc(C(F)(F)F)cc1Cl. The van der Waals surface area contributed by atoms with Crippen molar-refractivity contribution in [1.82, 2.24) is 14.4 Å². The standard InChI is InChI=1S/C22H27ClF3N3O8S/c1-33-9-7-28-38(31,32)29-21(30)36-8-3-4-15-5-6-17(35-11-10-34-2)13-19(15)37-20-18(23)12-16(14-27-20)22(24,25)26/h5-6,12-14,28H,3-4,7-11H2,1-2H3,(H,29,30). The van der Waals surface area contributed by atoms with Crippen molar-refractivity contribution in [3.63, 3.8) is 0 Å². The van der Waals surface area contributed by atoms with E-state index in [1.807, 2.05) is 0 Å².